The second-order valence-corrected chi connectivity index (χ2v) is 5.30. The molecule has 0 heterocycles. The topological polar surface area (TPSA) is 80.9 Å². The minimum absolute atomic E-state index is 0.198. The normalized spacial score (nSPS) is 10.3. The van der Waals surface area contributed by atoms with E-state index in [4.69, 9.17) is 0 Å². The molecule has 4 heteroatoms. The molecule has 4 nitrogen and oxygen atoms in total. The van der Waals surface area contributed by atoms with Crippen molar-refractivity contribution in [2.75, 3.05) is 0 Å². The molecule has 0 aliphatic rings. The van der Waals surface area contributed by atoms with Crippen molar-refractivity contribution in [2.24, 2.45) is 0 Å². The number of phenolic OH excluding ortho intramolecular Hbond substituents is 4. The molecule has 0 unspecified atom stereocenters. The molecule has 0 atom stereocenters. The summed E-state index contributed by atoms with van der Waals surface area (Å²) in [4.78, 5) is 0. The quantitative estimate of drug-likeness (QED) is 0.360. The molecule has 0 saturated carbocycles. The first-order chi connectivity index (χ1) is 11.6. The largest absolute Gasteiger partial charge is 0.507 e. The van der Waals surface area contributed by atoms with Gasteiger partial charge in [0.05, 0.1) is 0 Å². The van der Waals surface area contributed by atoms with Crippen LogP contribution in [-0.4, -0.2) is 20.4 Å². The van der Waals surface area contributed by atoms with Crippen molar-refractivity contribution in [1.29, 1.82) is 0 Å². The van der Waals surface area contributed by atoms with Crippen molar-refractivity contribution in [1.82, 2.24) is 0 Å². The van der Waals surface area contributed by atoms with E-state index < -0.39 is 0 Å². The van der Waals surface area contributed by atoms with Gasteiger partial charge in [-0.3, -0.25) is 0 Å². The zero-order valence-corrected chi connectivity index (χ0v) is 12.7. The number of rotatable bonds is 0. The van der Waals surface area contributed by atoms with E-state index in [0.29, 0.717) is 21.5 Å². The molecule has 4 aromatic rings. The van der Waals surface area contributed by atoms with E-state index in [1.54, 1.807) is 48.5 Å². The number of hydrogen-bond acceptors (Lipinski definition) is 4. The molecular formula is C20H16O4. The molecule has 0 aromatic heterocycles. The van der Waals surface area contributed by atoms with Gasteiger partial charge in [0.25, 0.3) is 0 Å². The van der Waals surface area contributed by atoms with Gasteiger partial charge >= 0.3 is 0 Å². The summed E-state index contributed by atoms with van der Waals surface area (Å²) >= 11 is 0. The average molecular weight is 320 g/mol. The van der Waals surface area contributed by atoms with Gasteiger partial charge in [-0.25, -0.2) is 0 Å². The zero-order valence-electron chi connectivity index (χ0n) is 12.7. The maximum atomic E-state index is 9.38. The Labute approximate surface area is 138 Å². The maximum absolute atomic E-state index is 9.38. The highest BCUT2D eigenvalue weighted by Crippen LogP contribution is 2.31. The lowest BCUT2D eigenvalue weighted by Crippen LogP contribution is -1.73. The second-order valence-electron chi connectivity index (χ2n) is 5.30. The predicted molar refractivity (Wildman–Crippen MR) is 94.6 cm³/mol. The minimum Gasteiger partial charge on any atom is -0.507 e. The van der Waals surface area contributed by atoms with E-state index in [9.17, 15) is 20.4 Å². The summed E-state index contributed by atoms with van der Waals surface area (Å²) in [5, 5.41) is 40.3. The summed E-state index contributed by atoms with van der Waals surface area (Å²) in [6.07, 6.45) is 0. The lowest BCUT2D eigenvalue weighted by molar-refractivity contribution is 0.469. The van der Waals surface area contributed by atoms with Gasteiger partial charge in [0.2, 0.25) is 0 Å². The SMILES string of the molecule is Oc1ccc(O)c2ccccc12.Oc1cccc2c(O)cccc12. The van der Waals surface area contributed by atoms with E-state index in [2.05, 4.69) is 0 Å². The molecule has 0 bridgehead atoms. The standard InChI is InChI=1S/2C10H8O2/c11-9-5-1-3-7-8(9)4-2-6-10(7)12;11-9-5-6-10(12)8-4-2-1-3-7(8)9/h2*1-6,11-12H. The first-order valence-corrected chi connectivity index (χ1v) is 7.37. The van der Waals surface area contributed by atoms with Crippen molar-refractivity contribution in [2.45, 2.75) is 0 Å². The van der Waals surface area contributed by atoms with Gasteiger partial charge < -0.3 is 20.4 Å². The van der Waals surface area contributed by atoms with E-state index in [1.807, 2.05) is 12.1 Å². The smallest absolute Gasteiger partial charge is 0.123 e. The van der Waals surface area contributed by atoms with Crippen LogP contribution in [0, 0.1) is 0 Å². The van der Waals surface area contributed by atoms with Crippen LogP contribution in [0.4, 0.5) is 0 Å². The number of aromatic hydroxyl groups is 4. The van der Waals surface area contributed by atoms with Crippen LogP contribution in [0.5, 0.6) is 23.0 Å². The molecule has 0 spiro atoms. The van der Waals surface area contributed by atoms with Gasteiger partial charge in [-0.05, 0) is 24.3 Å². The van der Waals surface area contributed by atoms with Crippen LogP contribution in [-0.2, 0) is 0 Å². The number of benzene rings is 4. The van der Waals surface area contributed by atoms with Gasteiger partial charge in [-0.15, -0.1) is 0 Å². The fourth-order valence-electron chi connectivity index (χ4n) is 2.54. The summed E-state index contributed by atoms with van der Waals surface area (Å²) in [5.74, 6) is 0.790. The maximum Gasteiger partial charge on any atom is 0.123 e. The third kappa shape index (κ3) is 2.90. The Hall–Kier alpha value is -3.40. The molecule has 24 heavy (non-hydrogen) atoms. The molecule has 0 radical (unpaired) electrons. The molecule has 0 aliphatic carbocycles. The average Bonchev–Trinajstić information content (AvgIpc) is 2.60. The Morgan fingerprint density at radius 2 is 0.625 bits per heavy atom. The van der Waals surface area contributed by atoms with E-state index >= 15 is 0 Å². The van der Waals surface area contributed by atoms with Crippen molar-refractivity contribution < 1.29 is 20.4 Å². The third-order valence-corrected chi connectivity index (χ3v) is 3.75. The van der Waals surface area contributed by atoms with Crippen LogP contribution in [0.3, 0.4) is 0 Å². The lowest BCUT2D eigenvalue weighted by Gasteiger charge is -2.01. The highest BCUT2D eigenvalue weighted by atomic mass is 16.3. The monoisotopic (exact) mass is 320 g/mol. The first-order valence-electron chi connectivity index (χ1n) is 7.37. The molecule has 4 rings (SSSR count). The molecule has 0 aliphatic heterocycles. The zero-order chi connectivity index (χ0) is 17.1. The van der Waals surface area contributed by atoms with Crippen molar-refractivity contribution in [3.8, 4) is 23.0 Å². The number of hydrogen-bond donors (Lipinski definition) is 4. The number of phenols is 4. The fourth-order valence-corrected chi connectivity index (χ4v) is 2.54. The van der Waals surface area contributed by atoms with Crippen molar-refractivity contribution in [3.05, 3.63) is 72.8 Å². The van der Waals surface area contributed by atoms with Crippen LogP contribution in [0.2, 0.25) is 0 Å². The van der Waals surface area contributed by atoms with E-state index in [-0.39, 0.29) is 23.0 Å². The summed E-state index contributed by atoms with van der Waals surface area (Å²) in [7, 11) is 0. The number of fused-ring (bicyclic) bond motifs is 2. The van der Waals surface area contributed by atoms with Crippen LogP contribution < -0.4 is 0 Å². The van der Waals surface area contributed by atoms with Crippen LogP contribution in [0.1, 0.15) is 0 Å². The summed E-state index contributed by atoms with van der Waals surface area (Å²) in [6.45, 7) is 0. The van der Waals surface area contributed by atoms with Gasteiger partial charge in [-0.1, -0.05) is 48.5 Å². The Bertz CT molecular complexity index is 890. The molecule has 120 valence electrons. The molecule has 4 aromatic carbocycles. The Morgan fingerprint density at radius 1 is 0.333 bits per heavy atom. The van der Waals surface area contributed by atoms with E-state index in [1.165, 1.54) is 12.1 Å². The minimum atomic E-state index is 0.198. The third-order valence-electron chi connectivity index (χ3n) is 3.75. The second kappa shape index (κ2) is 6.38. The molecule has 4 N–H and O–H groups in total. The Morgan fingerprint density at radius 3 is 1.00 bits per heavy atom. The van der Waals surface area contributed by atoms with Gasteiger partial charge in [0.1, 0.15) is 23.0 Å². The van der Waals surface area contributed by atoms with Crippen LogP contribution in [0.15, 0.2) is 72.8 Å². The van der Waals surface area contributed by atoms with Gasteiger partial charge in [-0.2, -0.15) is 0 Å². The molecule has 0 saturated heterocycles. The molecular weight excluding hydrogens is 304 g/mol. The van der Waals surface area contributed by atoms with Crippen molar-refractivity contribution in [3.63, 3.8) is 0 Å². The summed E-state index contributed by atoms with van der Waals surface area (Å²) < 4.78 is 0. The highest BCUT2D eigenvalue weighted by molar-refractivity contribution is 5.93. The summed E-state index contributed by atoms with van der Waals surface area (Å²) in [6, 6.07) is 20.3. The predicted octanol–water partition coefficient (Wildman–Crippen LogP) is 4.50. The molecule has 0 fully saturated rings. The van der Waals surface area contributed by atoms with E-state index in [0.717, 1.165) is 0 Å². The van der Waals surface area contributed by atoms with Crippen LogP contribution in [0.25, 0.3) is 21.5 Å². The first kappa shape index (κ1) is 15.5. The Balaban J connectivity index is 0.000000141. The lowest BCUT2D eigenvalue weighted by atomic mass is 10.1. The van der Waals surface area contributed by atoms with Gasteiger partial charge in [0, 0.05) is 21.5 Å². The fraction of sp³-hybridized carbons (Fsp3) is 0. The Kier molecular flexibility index (Phi) is 4.12. The highest BCUT2D eigenvalue weighted by Gasteiger charge is 2.02. The van der Waals surface area contributed by atoms with Crippen LogP contribution >= 0.6 is 0 Å². The van der Waals surface area contributed by atoms with Crippen molar-refractivity contribution >= 4 is 21.5 Å². The summed E-state index contributed by atoms with van der Waals surface area (Å²) in [5.41, 5.74) is 0. The van der Waals surface area contributed by atoms with Gasteiger partial charge in [0.15, 0.2) is 0 Å². The molecule has 0 amide bonds.